The first-order chi connectivity index (χ1) is 39.0. The summed E-state index contributed by atoms with van der Waals surface area (Å²) in [6.07, 6.45) is 0. The van der Waals surface area contributed by atoms with Gasteiger partial charge < -0.3 is 19.6 Å². The number of anilines is 12. The lowest BCUT2D eigenvalue weighted by molar-refractivity contribution is 0.766. The van der Waals surface area contributed by atoms with E-state index < -0.39 is 5.41 Å². The summed E-state index contributed by atoms with van der Waals surface area (Å²) in [5.74, 6) is 0. The zero-order valence-corrected chi connectivity index (χ0v) is 44.3. The molecule has 0 amide bonds. The number of para-hydroxylation sites is 8. The molecule has 0 radical (unpaired) electrons. The predicted octanol–water partition coefficient (Wildman–Crippen LogP) is 20.5. The Kier molecular flexibility index (Phi) is 13.0. The van der Waals surface area contributed by atoms with Gasteiger partial charge in [-0.2, -0.15) is 0 Å². The Morgan fingerprint density at radius 3 is 0.608 bits per heavy atom. The van der Waals surface area contributed by atoms with Crippen LogP contribution >= 0.6 is 0 Å². The molecule has 0 heterocycles. The Bertz CT molecular complexity index is 3400. The maximum atomic E-state index is 2.48. The van der Waals surface area contributed by atoms with Crippen LogP contribution in [0.3, 0.4) is 0 Å². The highest BCUT2D eigenvalue weighted by molar-refractivity contribution is 5.92. The van der Waals surface area contributed by atoms with E-state index in [1.807, 2.05) is 0 Å². The maximum absolute atomic E-state index is 2.48. The van der Waals surface area contributed by atoms with Crippen molar-refractivity contribution in [3.8, 4) is 11.1 Å². The Labute approximate surface area is 464 Å². The second-order valence-electron chi connectivity index (χ2n) is 20.4. The molecule has 12 aromatic rings. The highest BCUT2D eigenvalue weighted by Gasteiger charge is 2.48. The molecule has 1 aliphatic rings. The minimum absolute atomic E-state index is 0.908. The molecule has 0 spiro atoms. The monoisotopic (exact) mass is 1010 g/mol. The van der Waals surface area contributed by atoms with Crippen molar-refractivity contribution in [2.24, 2.45) is 0 Å². The minimum Gasteiger partial charge on any atom is -0.310 e. The summed E-state index contributed by atoms with van der Waals surface area (Å²) in [7, 11) is 0. The second-order valence-corrected chi connectivity index (χ2v) is 20.4. The molecule has 0 N–H and O–H groups in total. The molecule has 79 heavy (non-hydrogen) atoms. The van der Waals surface area contributed by atoms with E-state index in [0.717, 1.165) is 79.4 Å². The van der Waals surface area contributed by atoms with E-state index in [2.05, 4.69) is 349 Å². The quantitative estimate of drug-likeness (QED) is 0.108. The summed E-state index contributed by atoms with van der Waals surface area (Å²) in [4.78, 5) is 9.66. The molecule has 0 saturated carbocycles. The largest absolute Gasteiger partial charge is 0.310 e. The summed E-state index contributed by atoms with van der Waals surface area (Å²) >= 11 is 0. The molecule has 378 valence electrons. The molecule has 4 heteroatoms. The van der Waals surface area contributed by atoms with Crippen LogP contribution in [0.2, 0.25) is 0 Å². The first-order valence-corrected chi connectivity index (χ1v) is 27.2. The Hall–Kier alpha value is -10.2. The maximum Gasteiger partial charge on any atom is 0.0716 e. The van der Waals surface area contributed by atoms with Gasteiger partial charge in [-0.05, 0) is 181 Å². The van der Waals surface area contributed by atoms with E-state index in [-0.39, 0.29) is 0 Å². The standard InChI is InChI=1S/C75H58N4/c1-55-43-45-71-72-46-44-56(2)48-74(72)75(73(71)47-55,57-49-67(76(59-27-11-3-12-28-59)60-29-13-4-14-30-60)53-68(50-57)77(61-31-15-5-16-32-61)62-33-17-6-18-34-62)58-51-69(78(63-35-19-7-20-36-63)64-37-21-8-22-38-64)54-70(52-58)79(65-39-23-9-24-40-65)66-41-25-10-26-42-66/h3-54H,1-2H3. The number of nitrogens with zero attached hydrogens (tertiary/aromatic N) is 4. The van der Waals surface area contributed by atoms with Gasteiger partial charge in [-0.25, -0.2) is 0 Å². The number of fused-ring (bicyclic) bond motifs is 3. The fourth-order valence-electron chi connectivity index (χ4n) is 11.9. The molecule has 0 aromatic heterocycles. The molecule has 4 nitrogen and oxygen atoms in total. The first kappa shape index (κ1) is 48.5. The molecule has 0 bridgehead atoms. The van der Waals surface area contributed by atoms with Gasteiger partial charge in [0, 0.05) is 68.2 Å². The molecular weight excluding hydrogens is 957 g/mol. The van der Waals surface area contributed by atoms with E-state index >= 15 is 0 Å². The second kappa shape index (κ2) is 21.1. The number of aryl methyl sites for hydroxylation is 2. The van der Waals surface area contributed by atoms with Gasteiger partial charge in [0.15, 0.2) is 0 Å². The molecule has 13 rings (SSSR count). The molecule has 0 unspecified atom stereocenters. The third-order valence-electron chi connectivity index (χ3n) is 15.3. The summed E-state index contributed by atoms with van der Waals surface area (Å²) in [5.41, 5.74) is 21.2. The number of rotatable bonds is 14. The van der Waals surface area contributed by atoms with Crippen LogP contribution < -0.4 is 19.6 Å². The zero-order valence-electron chi connectivity index (χ0n) is 44.3. The van der Waals surface area contributed by atoms with Crippen molar-refractivity contribution in [1.82, 2.24) is 0 Å². The van der Waals surface area contributed by atoms with Gasteiger partial charge in [0.05, 0.1) is 5.41 Å². The van der Waals surface area contributed by atoms with Crippen LogP contribution in [0.25, 0.3) is 11.1 Å². The van der Waals surface area contributed by atoms with Crippen molar-refractivity contribution in [2.45, 2.75) is 19.3 Å². The molecular formula is C75H58N4. The van der Waals surface area contributed by atoms with Gasteiger partial charge in [0.1, 0.15) is 0 Å². The van der Waals surface area contributed by atoms with Gasteiger partial charge >= 0.3 is 0 Å². The van der Waals surface area contributed by atoms with E-state index in [0.29, 0.717) is 0 Å². The minimum atomic E-state index is -0.908. The Balaban J connectivity index is 1.21. The highest BCUT2D eigenvalue weighted by atomic mass is 15.2. The van der Waals surface area contributed by atoms with Gasteiger partial charge in [-0.1, -0.05) is 193 Å². The smallest absolute Gasteiger partial charge is 0.0716 e. The number of hydrogen-bond donors (Lipinski definition) is 0. The summed E-state index contributed by atoms with van der Waals surface area (Å²) in [6, 6.07) is 115. The van der Waals surface area contributed by atoms with Crippen LogP contribution in [0.1, 0.15) is 33.4 Å². The van der Waals surface area contributed by atoms with Crippen molar-refractivity contribution >= 4 is 68.2 Å². The fraction of sp³-hybridized carbons (Fsp3) is 0.0400. The summed E-state index contributed by atoms with van der Waals surface area (Å²) in [6.45, 7) is 4.47. The van der Waals surface area contributed by atoms with Crippen LogP contribution in [-0.2, 0) is 5.41 Å². The molecule has 1 aliphatic carbocycles. The highest BCUT2D eigenvalue weighted by Crippen LogP contribution is 2.60. The van der Waals surface area contributed by atoms with Crippen molar-refractivity contribution in [2.75, 3.05) is 19.6 Å². The zero-order chi connectivity index (χ0) is 53.1. The molecule has 0 saturated heterocycles. The SMILES string of the molecule is Cc1ccc2c(c1)C(c1cc(N(c3ccccc3)c3ccccc3)cc(N(c3ccccc3)c3ccccc3)c1)(c1cc(N(c3ccccc3)c3ccccc3)cc(N(c3ccccc3)c3ccccc3)c1)c1cc(C)ccc1-2. The molecule has 0 atom stereocenters. The van der Waals surface area contributed by atoms with Crippen LogP contribution in [0.15, 0.2) is 315 Å². The van der Waals surface area contributed by atoms with Gasteiger partial charge in [-0.15, -0.1) is 0 Å². The van der Waals surface area contributed by atoms with E-state index in [9.17, 15) is 0 Å². The van der Waals surface area contributed by atoms with E-state index in [1.165, 1.54) is 33.4 Å². The van der Waals surface area contributed by atoms with Crippen LogP contribution in [-0.4, -0.2) is 0 Å². The Morgan fingerprint density at radius 2 is 0.405 bits per heavy atom. The van der Waals surface area contributed by atoms with Crippen molar-refractivity contribution in [1.29, 1.82) is 0 Å². The van der Waals surface area contributed by atoms with Crippen LogP contribution in [0.5, 0.6) is 0 Å². The average molecular weight is 1020 g/mol. The van der Waals surface area contributed by atoms with Gasteiger partial charge in [0.25, 0.3) is 0 Å². The third-order valence-corrected chi connectivity index (χ3v) is 15.3. The van der Waals surface area contributed by atoms with E-state index in [1.54, 1.807) is 0 Å². The van der Waals surface area contributed by atoms with Crippen LogP contribution in [0, 0.1) is 13.8 Å². The van der Waals surface area contributed by atoms with Crippen molar-refractivity contribution < 1.29 is 0 Å². The Morgan fingerprint density at radius 1 is 0.203 bits per heavy atom. The summed E-state index contributed by atoms with van der Waals surface area (Å²) in [5, 5.41) is 0. The topological polar surface area (TPSA) is 13.0 Å². The lowest BCUT2D eigenvalue weighted by Gasteiger charge is -2.39. The normalized spacial score (nSPS) is 12.0. The van der Waals surface area contributed by atoms with Gasteiger partial charge in [0.2, 0.25) is 0 Å². The third kappa shape index (κ3) is 9.09. The molecule has 0 fully saturated rings. The molecule has 0 aliphatic heterocycles. The predicted molar refractivity (Wildman–Crippen MR) is 332 cm³/mol. The summed E-state index contributed by atoms with van der Waals surface area (Å²) < 4.78 is 0. The van der Waals surface area contributed by atoms with Gasteiger partial charge in [-0.3, -0.25) is 0 Å². The van der Waals surface area contributed by atoms with Crippen molar-refractivity contribution in [3.63, 3.8) is 0 Å². The first-order valence-electron chi connectivity index (χ1n) is 27.2. The van der Waals surface area contributed by atoms with Crippen LogP contribution in [0.4, 0.5) is 68.2 Å². The average Bonchev–Trinajstić information content (AvgIpc) is 3.36. The number of hydrogen-bond acceptors (Lipinski definition) is 4. The van der Waals surface area contributed by atoms with E-state index in [4.69, 9.17) is 0 Å². The van der Waals surface area contributed by atoms with Crippen molar-refractivity contribution in [3.05, 3.63) is 349 Å². The fourth-order valence-corrected chi connectivity index (χ4v) is 11.9. The lowest BCUT2D eigenvalue weighted by Crippen LogP contribution is -2.30. The lowest BCUT2D eigenvalue weighted by atomic mass is 9.66. The number of benzene rings is 12. The molecule has 12 aromatic carbocycles.